The van der Waals surface area contributed by atoms with Gasteiger partial charge in [0.1, 0.15) is 0 Å². The van der Waals surface area contributed by atoms with Crippen molar-refractivity contribution in [3.05, 3.63) is 46.6 Å². The maximum absolute atomic E-state index is 5.90. The van der Waals surface area contributed by atoms with Crippen molar-refractivity contribution >= 4 is 5.88 Å². The Labute approximate surface area is 107 Å². The van der Waals surface area contributed by atoms with Crippen LogP contribution in [0.4, 0.5) is 5.88 Å². The molecule has 1 aliphatic carbocycles. The summed E-state index contributed by atoms with van der Waals surface area (Å²) < 4.78 is 5.20. The number of aromatic nitrogens is 1. The van der Waals surface area contributed by atoms with Gasteiger partial charge in [0.25, 0.3) is 0 Å². The zero-order valence-corrected chi connectivity index (χ0v) is 10.8. The van der Waals surface area contributed by atoms with E-state index in [4.69, 9.17) is 10.3 Å². The molecule has 3 rings (SSSR count). The van der Waals surface area contributed by atoms with Gasteiger partial charge in [-0.2, -0.15) is 0 Å². The summed E-state index contributed by atoms with van der Waals surface area (Å²) in [7, 11) is 0. The summed E-state index contributed by atoms with van der Waals surface area (Å²) in [5, 5.41) is 4.19. The molecule has 0 saturated heterocycles. The van der Waals surface area contributed by atoms with Crippen LogP contribution >= 0.6 is 0 Å². The summed E-state index contributed by atoms with van der Waals surface area (Å²) in [6.07, 6.45) is 1.98. The number of fused-ring (bicyclic) bond motifs is 1. The Balaban J connectivity index is 1.95. The van der Waals surface area contributed by atoms with E-state index in [9.17, 15) is 0 Å². The molecule has 1 unspecified atom stereocenters. The van der Waals surface area contributed by atoms with Crippen LogP contribution in [0.3, 0.4) is 0 Å². The molecule has 18 heavy (non-hydrogen) atoms. The summed E-state index contributed by atoms with van der Waals surface area (Å²) in [6.45, 7) is 4.37. The van der Waals surface area contributed by atoms with Crippen molar-refractivity contribution < 1.29 is 4.52 Å². The Kier molecular flexibility index (Phi) is 2.62. The second-order valence-corrected chi connectivity index (χ2v) is 5.46. The second-order valence-electron chi connectivity index (χ2n) is 5.46. The van der Waals surface area contributed by atoms with Crippen molar-refractivity contribution in [2.24, 2.45) is 5.92 Å². The minimum absolute atomic E-state index is 0.371. The molecule has 0 saturated carbocycles. The summed E-state index contributed by atoms with van der Waals surface area (Å²) in [6, 6.07) is 8.52. The van der Waals surface area contributed by atoms with Crippen molar-refractivity contribution in [2.45, 2.75) is 32.6 Å². The van der Waals surface area contributed by atoms with E-state index in [0.29, 0.717) is 17.7 Å². The number of nitrogens with two attached hydrogens (primary N) is 1. The van der Waals surface area contributed by atoms with Crippen molar-refractivity contribution in [3.8, 4) is 0 Å². The van der Waals surface area contributed by atoms with E-state index in [-0.39, 0.29) is 0 Å². The normalized spacial score (nSPS) is 17.6. The highest BCUT2D eigenvalue weighted by atomic mass is 16.5. The number of hydrogen-bond donors (Lipinski definition) is 1. The van der Waals surface area contributed by atoms with Crippen LogP contribution in [0.5, 0.6) is 0 Å². The number of benzene rings is 1. The largest absolute Gasteiger partial charge is 0.367 e. The van der Waals surface area contributed by atoms with E-state index < -0.39 is 0 Å². The van der Waals surface area contributed by atoms with Crippen LogP contribution in [0.2, 0.25) is 0 Å². The van der Waals surface area contributed by atoms with Gasteiger partial charge in [0.2, 0.25) is 5.88 Å². The average molecular weight is 242 g/mol. The molecular weight excluding hydrogens is 224 g/mol. The van der Waals surface area contributed by atoms with Crippen molar-refractivity contribution in [3.63, 3.8) is 0 Å². The number of anilines is 1. The van der Waals surface area contributed by atoms with E-state index in [1.807, 2.05) is 0 Å². The molecule has 0 radical (unpaired) electrons. The molecule has 1 aliphatic rings. The minimum atomic E-state index is 0.371. The molecule has 3 heteroatoms. The van der Waals surface area contributed by atoms with Gasteiger partial charge in [-0.1, -0.05) is 43.3 Å². The Hall–Kier alpha value is -1.77. The van der Waals surface area contributed by atoms with Crippen molar-refractivity contribution in [1.82, 2.24) is 5.16 Å². The second kappa shape index (κ2) is 4.16. The third kappa shape index (κ3) is 1.70. The van der Waals surface area contributed by atoms with Crippen molar-refractivity contribution in [2.75, 3.05) is 5.73 Å². The molecule has 2 aromatic rings. The fourth-order valence-electron chi connectivity index (χ4n) is 2.72. The van der Waals surface area contributed by atoms with Gasteiger partial charge in [-0.05, 0) is 29.9 Å². The Bertz CT molecular complexity index is 572. The first-order valence-electron chi connectivity index (χ1n) is 6.48. The molecule has 0 fully saturated rings. The molecular formula is C15H18N2O. The van der Waals surface area contributed by atoms with Crippen LogP contribution in [-0.4, -0.2) is 5.16 Å². The molecule has 0 bridgehead atoms. The fourth-order valence-corrected chi connectivity index (χ4v) is 2.72. The molecule has 0 aliphatic heterocycles. The molecule has 1 heterocycles. The summed E-state index contributed by atoms with van der Waals surface area (Å²) in [5.74, 6) is 1.42. The van der Waals surface area contributed by atoms with E-state index in [2.05, 4.69) is 43.3 Å². The highest BCUT2D eigenvalue weighted by Gasteiger charge is 2.32. The lowest BCUT2D eigenvalue weighted by Gasteiger charge is -2.29. The third-order valence-corrected chi connectivity index (χ3v) is 3.65. The summed E-state index contributed by atoms with van der Waals surface area (Å²) in [5.41, 5.74) is 10.8. The quantitative estimate of drug-likeness (QED) is 0.899. The van der Waals surface area contributed by atoms with Crippen LogP contribution < -0.4 is 5.73 Å². The molecule has 1 atom stereocenters. The molecule has 1 aromatic carbocycles. The molecule has 0 amide bonds. The first kappa shape index (κ1) is 11.3. The van der Waals surface area contributed by atoms with Gasteiger partial charge < -0.3 is 10.3 Å². The standard InChI is InChI=1S/C15H18N2O/c1-9(2)7-13-14(17-18-15(13)16)12-8-10-5-3-4-6-11(10)12/h3-6,9,12H,7-8,16H2,1-2H3. The summed E-state index contributed by atoms with van der Waals surface area (Å²) >= 11 is 0. The monoisotopic (exact) mass is 242 g/mol. The molecule has 3 nitrogen and oxygen atoms in total. The van der Waals surface area contributed by atoms with Gasteiger partial charge >= 0.3 is 0 Å². The van der Waals surface area contributed by atoms with Crippen LogP contribution in [-0.2, 0) is 12.8 Å². The molecule has 1 aromatic heterocycles. The Morgan fingerprint density at radius 3 is 2.89 bits per heavy atom. The topological polar surface area (TPSA) is 52.0 Å². The number of nitrogens with zero attached hydrogens (tertiary/aromatic N) is 1. The lowest BCUT2D eigenvalue weighted by Crippen LogP contribution is -2.20. The predicted molar refractivity (Wildman–Crippen MR) is 71.4 cm³/mol. The van der Waals surface area contributed by atoms with Crippen LogP contribution in [0.25, 0.3) is 0 Å². The predicted octanol–water partition coefficient (Wildman–Crippen LogP) is 3.14. The van der Waals surface area contributed by atoms with Gasteiger partial charge in [0.05, 0.1) is 5.69 Å². The van der Waals surface area contributed by atoms with Crippen LogP contribution in [0, 0.1) is 5.92 Å². The maximum atomic E-state index is 5.90. The highest BCUT2D eigenvalue weighted by molar-refractivity contribution is 5.51. The fraction of sp³-hybridized carbons (Fsp3) is 0.400. The number of hydrogen-bond acceptors (Lipinski definition) is 3. The van der Waals surface area contributed by atoms with Gasteiger partial charge in [0.15, 0.2) is 0 Å². The van der Waals surface area contributed by atoms with Crippen LogP contribution in [0.15, 0.2) is 28.8 Å². The Morgan fingerprint density at radius 1 is 1.39 bits per heavy atom. The van der Waals surface area contributed by atoms with Gasteiger partial charge in [0, 0.05) is 11.5 Å². The van der Waals surface area contributed by atoms with Gasteiger partial charge in [-0.15, -0.1) is 0 Å². The molecule has 2 N–H and O–H groups in total. The lowest BCUT2D eigenvalue weighted by molar-refractivity contribution is 0.420. The van der Waals surface area contributed by atoms with E-state index in [0.717, 1.165) is 24.1 Å². The zero-order valence-electron chi connectivity index (χ0n) is 10.8. The van der Waals surface area contributed by atoms with E-state index >= 15 is 0 Å². The Morgan fingerprint density at radius 2 is 2.17 bits per heavy atom. The first-order valence-corrected chi connectivity index (χ1v) is 6.48. The third-order valence-electron chi connectivity index (χ3n) is 3.65. The lowest BCUT2D eigenvalue weighted by atomic mass is 9.74. The summed E-state index contributed by atoms with van der Waals surface area (Å²) in [4.78, 5) is 0. The number of rotatable bonds is 3. The molecule has 94 valence electrons. The average Bonchev–Trinajstić information content (AvgIpc) is 2.63. The first-order chi connectivity index (χ1) is 8.66. The van der Waals surface area contributed by atoms with Crippen molar-refractivity contribution in [1.29, 1.82) is 0 Å². The smallest absolute Gasteiger partial charge is 0.225 e. The maximum Gasteiger partial charge on any atom is 0.225 e. The number of nitrogen functional groups attached to an aromatic ring is 1. The minimum Gasteiger partial charge on any atom is -0.367 e. The van der Waals surface area contributed by atoms with Gasteiger partial charge in [-0.3, -0.25) is 0 Å². The molecule has 0 spiro atoms. The SMILES string of the molecule is CC(C)Cc1c(C2Cc3ccccc32)noc1N. The van der Waals surface area contributed by atoms with Gasteiger partial charge in [-0.25, -0.2) is 0 Å². The highest BCUT2D eigenvalue weighted by Crippen LogP contribution is 2.42. The van der Waals surface area contributed by atoms with E-state index in [1.165, 1.54) is 11.1 Å². The zero-order chi connectivity index (χ0) is 12.7. The van der Waals surface area contributed by atoms with Crippen LogP contribution in [0.1, 0.15) is 42.1 Å². The van der Waals surface area contributed by atoms with E-state index in [1.54, 1.807) is 0 Å².